The SMILES string of the molecule is COc1c(C2CCCN2CCn2cncn2)c(C)nn1C. The third kappa shape index (κ3) is 2.65. The molecule has 21 heavy (non-hydrogen) atoms. The number of hydrogen-bond donors (Lipinski definition) is 0. The van der Waals surface area contributed by atoms with Crippen molar-refractivity contribution in [1.82, 2.24) is 29.4 Å². The lowest BCUT2D eigenvalue weighted by Gasteiger charge is -2.24. The van der Waals surface area contributed by atoms with Crippen LogP contribution in [0.3, 0.4) is 0 Å². The van der Waals surface area contributed by atoms with E-state index in [0.29, 0.717) is 6.04 Å². The molecule has 3 rings (SSSR count). The lowest BCUT2D eigenvalue weighted by Crippen LogP contribution is -2.28. The van der Waals surface area contributed by atoms with Crippen molar-refractivity contribution in [2.24, 2.45) is 7.05 Å². The van der Waals surface area contributed by atoms with Crippen LogP contribution in [-0.2, 0) is 13.6 Å². The smallest absolute Gasteiger partial charge is 0.216 e. The van der Waals surface area contributed by atoms with Gasteiger partial charge in [0.05, 0.1) is 24.9 Å². The fourth-order valence-electron chi connectivity index (χ4n) is 3.28. The molecule has 0 N–H and O–H groups in total. The monoisotopic (exact) mass is 290 g/mol. The van der Waals surface area contributed by atoms with Crippen molar-refractivity contribution in [1.29, 1.82) is 0 Å². The minimum absolute atomic E-state index is 0.386. The summed E-state index contributed by atoms with van der Waals surface area (Å²) in [6.07, 6.45) is 5.70. The molecule has 1 unspecified atom stereocenters. The van der Waals surface area contributed by atoms with Gasteiger partial charge < -0.3 is 4.74 Å². The second kappa shape index (κ2) is 5.85. The van der Waals surface area contributed by atoms with E-state index in [1.165, 1.54) is 12.0 Å². The zero-order valence-electron chi connectivity index (χ0n) is 12.9. The number of methoxy groups -OCH3 is 1. The fraction of sp³-hybridized carbons (Fsp3) is 0.643. The predicted molar refractivity (Wildman–Crippen MR) is 78.1 cm³/mol. The van der Waals surface area contributed by atoms with Crippen molar-refractivity contribution < 1.29 is 4.74 Å². The van der Waals surface area contributed by atoms with Crippen LogP contribution in [0.4, 0.5) is 0 Å². The molecule has 114 valence electrons. The first-order valence-corrected chi connectivity index (χ1v) is 7.34. The summed E-state index contributed by atoms with van der Waals surface area (Å²) in [7, 11) is 3.65. The van der Waals surface area contributed by atoms with Crippen LogP contribution in [0.2, 0.25) is 0 Å². The highest BCUT2D eigenvalue weighted by Gasteiger charge is 2.31. The summed E-state index contributed by atoms with van der Waals surface area (Å²) in [6.45, 7) is 4.99. The van der Waals surface area contributed by atoms with Crippen LogP contribution in [0.1, 0.15) is 30.1 Å². The molecule has 1 saturated heterocycles. The van der Waals surface area contributed by atoms with Crippen LogP contribution in [0, 0.1) is 6.92 Å². The molecule has 2 aromatic heterocycles. The molecule has 0 aliphatic carbocycles. The highest BCUT2D eigenvalue weighted by atomic mass is 16.5. The Kier molecular flexibility index (Phi) is 3.92. The van der Waals surface area contributed by atoms with Crippen LogP contribution in [0.25, 0.3) is 0 Å². The maximum absolute atomic E-state index is 5.55. The molecule has 1 aliphatic rings. The van der Waals surface area contributed by atoms with Crippen molar-refractivity contribution in [3.05, 3.63) is 23.9 Å². The fourth-order valence-corrected chi connectivity index (χ4v) is 3.28. The molecule has 7 heteroatoms. The Bertz CT molecular complexity index is 591. The Balaban J connectivity index is 1.77. The van der Waals surface area contributed by atoms with Gasteiger partial charge in [0.1, 0.15) is 12.7 Å². The number of aromatic nitrogens is 5. The average Bonchev–Trinajstić information content (AvgIpc) is 3.16. The lowest BCUT2D eigenvalue weighted by atomic mass is 10.1. The van der Waals surface area contributed by atoms with E-state index in [1.54, 1.807) is 19.8 Å². The molecule has 0 bridgehead atoms. The molecular formula is C14H22N6O. The average molecular weight is 290 g/mol. The summed E-state index contributed by atoms with van der Waals surface area (Å²) in [4.78, 5) is 6.48. The molecule has 1 fully saturated rings. The Morgan fingerprint density at radius 3 is 2.95 bits per heavy atom. The maximum atomic E-state index is 5.55. The minimum atomic E-state index is 0.386. The Hall–Kier alpha value is -1.89. The molecule has 1 atom stereocenters. The van der Waals surface area contributed by atoms with E-state index in [0.717, 1.165) is 37.6 Å². The first-order valence-electron chi connectivity index (χ1n) is 7.34. The third-order valence-electron chi connectivity index (χ3n) is 4.19. The molecule has 2 aromatic rings. The van der Waals surface area contributed by atoms with E-state index in [-0.39, 0.29) is 0 Å². The van der Waals surface area contributed by atoms with Crippen LogP contribution >= 0.6 is 0 Å². The summed E-state index contributed by atoms with van der Waals surface area (Å²) < 4.78 is 9.26. The zero-order valence-corrected chi connectivity index (χ0v) is 12.9. The van der Waals surface area contributed by atoms with Crippen molar-refractivity contribution in [2.45, 2.75) is 32.4 Å². The quantitative estimate of drug-likeness (QED) is 0.827. The second-order valence-corrected chi connectivity index (χ2v) is 5.48. The number of hydrogen-bond acceptors (Lipinski definition) is 5. The van der Waals surface area contributed by atoms with Gasteiger partial charge in [-0.2, -0.15) is 10.2 Å². The number of aryl methyl sites for hydroxylation is 2. The Labute approximate surface area is 124 Å². The van der Waals surface area contributed by atoms with E-state index < -0.39 is 0 Å². The normalized spacial score (nSPS) is 19.3. The third-order valence-corrected chi connectivity index (χ3v) is 4.19. The van der Waals surface area contributed by atoms with Gasteiger partial charge in [0.15, 0.2) is 0 Å². The summed E-state index contributed by atoms with van der Waals surface area (Å²) in [6, 6.07) is 0.386. The summed E-state index contributed by atoms with van der Waals surface area (Å²) in [5, 5.41) is 8.68. The predicted octanol–water partition coefficient (Wildman–Crippen LogP) is 1.17. The first kappa shape index (κ1) is 14.1. The molecule has 7 nitrogen and oxygen atoms in total. The van der Waals surface area contributed by atoms with Crippen molar-refractivity contribution in [3.63, 3.8) is 0 Å². The topological polar surface area (TPSA) is 61.0 Å². The zero-order chi connectivity index (χ0) is 14.8. The number of rotatable bonds is 5. The molecule has 1 aliphatic heterocycles. The van der Waals surface area contributed by atoms with Crippen LogP contribution in [0.5, 0.6) is 5.88 Å². The van der Waals surface area contributed by atoms with Gasteiger partial charge in [-0.1, -0.05) is 0 Å². The van der Waals surface area contributed by atoms with Crippen molar-refractivity contribution >= 4 is 0 Å². The van der Waals surface area contributed by atoms with E-state index in [4.69, 9.17) is 4.74 Å². The standard InChI is InChI=1S/C14H22N6O/c1-11-13(14(21-3)18(2)17-11)12-5-4-6-19(12)7-8-20-10-15-9-16-20/h9-10,12H,4-8H2,1-3H3. The second-order valence-electron chi connectivity index (χ2n) is 5.48. The van der Waals surface area contributed by atoms with Gasteiger partial charge in [0, 0.05) is 19.6 Å². The van der Waals surface area contributed by atoms with E-state index >= 15 is 0 Å². The highest BCUT2D eigenvalue weighted by molar-refractivity contribution is 5.34. The van der Waals surface area contributed by atoms with E-state index in [2.05, 4.69) is 27.0 Å². The Morgan fingerprint density at radius 1 is 1.38 bits per heavy atom. The molecule has 3 heterocycles. The van der Waals surface area contributed by atoms with E-state index in [9.17, 15) is 0 Å². The summed E-state index contributed by atoms with van der Waals surface area (Å²) in [5.41, 5.74) is 2.29. The minimum Gasteiger partial charge on any atom is -0.481 e. The van der Waals surface area contributed by atoms with Gasteiger partial charge >= 0.3 is 0 Å². The van der Waals surface area contributed by atoms with Gasteiger partial charge in [-0.05, 0) is 26.3 Å². The summed E-state index contributed by atoms with van der Waals surface area (Å²) >= 11 is 0. The van der Waals surface area contributed by atoms with Crippen LogP contribution < -0.4 is 4.74 Å². The number of ether oxygens (including phenoxy) is 1. The first-order chi connectivity index (χ1) is 10.2. The summed E-state index contributed by atoms with van der Waals surface area (Å²) in [5.74, 6) is 0.880. The molecular weight excluding hydrogens is 268 g/mol. The molecule has 0 saturated carbocycles. The van der Waals surface area contributed by atoms with Gasteiger partial charge in [-0.25, -0.2) is 9.67 Å². The molecule has 0 radical (unpaired) electrons. The van der Waals surface area contributed by atoms with Gasteiger partial charge in [-0.3, -0.25) is 9.58 Å². The van der Waals surface area contributed by atoms with E-state index in [1.807, 2.05) is 16.4 Å². The van der Waals surface area contributed by atoms with Gasteiger partial charge in [0.25, 0.3) is 0 Å². The largest absolute Gasteiger partial charge is 0.481 e. The number of likely N-dealkylation sites (tertiary alicyclic amines) is 1. The molecule has 0 aromatic carbocycles. The maximum Gasteiger partial charge on any atom is 0.216 e. The molecule has 0 spiro atoms. The van der Waals surface area contributed by atoms with Gasteiger partial charge in [-0.15, -0.1) is 0 Å². The van der Waals surface area contributed by atoms with Crippen molar-refractivity contribution in [3.8, 4) is 5.88 Å². The number of nitrogens with zero attached hydrogens (tertiary/aromatic N) is 6. The molecule has 0 amide bonds. The van der Waals surface area contributed by atoms with Crippen LogP contribution in [0.15, 0.2) is 12.7 Å². The Morgan fingerprint density at radius 2 is 2.24 bits per heavy atom. The lowest BCUT2D eigenvalue weighted by molar-refractivity contribution is 0.236. The highest BCUT2D eigenvalue weighted by Crippen LogP contribution is 2.38. The van der Waals surface area contributed by atoms with Crippen LogP contribution in [-0.4, -0.2) is 49.6 Å². The van der Waals surface area contributed by atoms with Crippen molar-refractivity contribution in [2.75, 3.05) is 20.2 Å². The van der Waals surface area contributed by atoms with Gasteiger partial charge in [0.2, 0.25) is 5.88 Å².